The number of alkyl halides is 3. The smallest absolute Gasteiger partial charge is 0.378 e. The van der Waals surface area contributed by atoms with Gasteiger partial charge in [-0.3, -0.25) is 0 Å². The molecule has 2 aromatic carbocycles. The lowest BCUT2D eigenvalue weighted by Gasteiger charge is -2.28. The minimum atomic E-state index is -4.39. The number of aliphatic hydroxyl groups is 1. The summed E-state index contributed by atoms with van der Waals surface area (Å²) in [4.78, 5) is 2.78. The summed E-state index contributed by atoms with van der Waals surface area (Å²) < 4.78 is 38.5. The highest BCUT2D eigenvalue weighted by atomic mass is 32.2. The molecule has 138 valence electrons. The molecule has 0 bridgehead atoms. The Morgan fingerprint density at radius 3 is 2.19 bits per heavy atom. The summed E-state index contributed by atoms with van der Waals surface area (Å²) in [6.45, 7) is 4.20. The molecule has 3 rings (SSSR count). The van der Waals surface area contributed by atoms with Crippen molar-refractivity contribution in [2.75, 3.05) is 17.7 Å². The van der Waals surface area contributed by atoms with Crippen LogP contribution in [0.2, 0.25) is 0 Å². The Balaban J connectivity index is 2.03. The number of benzene rings is 2. The number of halogens is 3. The van der Waals surface area contributed by atoms with Crippen LogP contribution in [0.3, 0.4) is 0 Å². The van der Waals surface area contributed by atoms with E-state index in [4.69, 9.17) is 0 Å². The van der Waals surface area contributed by atoms with Gasteiger partial charge in [0.2, 0.25) is 0 Å². The van der Waals surface area contributed by atoms with Gasteiger partial charge >= 0.3 is 6.18 Å². The van der Waals surface area contributed by atoms with E-state index in [1.807, 2.05) is 49.3 Å². The molecule has 1 unspecified atom stereocenters. The van der Waals surface area contributed by atoms with Crippen molar-refractivity contribution in [3.8, 4) is 0 Å². The minimum absolute atomic E-state index is 0.269. The number of rotatable bonds is 3. The summed E-state index contributed by atoms with van der Waals surface area (Å²) in [5.41, 5.74) is 1.38. The molecule has 0 radical (unpaired) electrons. The fraction of sp³-hybridized carbons (Fsp3) is 0.300. The van der Waals surface area contributed by atoms with Crippen LogP contribution in [0, 0.1) is 6.92 Å². The van der Waals surface area contributed by atoms with Gasteiger partial charge in [0.1, 0.15) is 5.60 Å². The molecular formula is C20H20F3NOS. The number of allylic oxidation sites excluding steroid dienone is 1. The maximum atomic E-state index is 12.8. The third kappa shape index (κ3) is 3.12. The lowest BCUT2D eigenvalue weighted by Crippen LogP contribution is -2.34. The molecule has 0 aliphatic carbocycles. The SMILES string of the molecule is CSC1=C(C)N(c2ccccc2C)CC1(O)c1ccc(C(F)(F)F)cc1. The fourth-order valence-corrected chi connectivity index (χ4v) is 4.37. The predicted molar refractivity (Wildman–Crippen MR) is 100 cm³/mol. The number of hydrogen-bond acceptors (Lipinski definition) is 3. The molecule has 0 aromatic heterocycles. The van der Waals surface area contributed by atoms with Gasteiger partial charge < -0.3 is 10.0 Å². The summed E-state index contributed by atoms with van der Waals surface area (Å²) in [5, 5.41) is 11.4. The van der Waals surface area contributed by atoms with Crippen LogP contribution in [0.1, 0.15) is 23.6 Å². The summed E-state index contributed by atoms with van der Waals surface area (Å²) in [5.74, 6) is 0. The van der Waals surface area contributed by atoms with Crippen molar-refractivity contribution in [1.82, 2.24) is 0 Å². The highest BCUT2D eigenvalue weighted by Gasteiger charge is 2.44. The number of hydrogen-bond donors (Lipinski definition) is 1. The maximum absolute atomic E-state index is 12.8. The van der Waals surface area contributed by atoms with Crippen LogP contribution in [-0.2, 0) is 11.8 Å². The first kappa shape index (κ1) is 18.9. The molecule has 1 aliphatic rings. The van der Waals surface area contributed by atoms with Gasteiger partial charge in [-0.15, -0.1) is 11.8 Å². The van der Waals surface area contributed by atoms with Crippen molar-refractivity contribution >= 4 is 17.4 Å². The summed E-state index contributed by atoms with van der Waals surface area (Å²) >= 11 is 1.42. The van der Waals surface area contributed by atoms with Crippen LogP contribution >= 0.6 is 11.8 Å². The van der Waals surface area contributed by atoms with Gasteiger partial charge in [0, 0.05) is 16.3 Å². The van der Waals surface area contributed by atoms with E-state index in [1.54, 1.807) is 0 Å². The Kier molecular flexibility index (Phi) is 4.84. The van der Waals surface area contributed by atoms with Gasteiger partial charge in [-0.1, -0.05) is 30.3 Å². The molecule has 1 atom stereocenters. The first-order valence-electron chi connectivity index (χ1n) is 8.17. The third-order valence-electron chi connectivity index (χ3n) is 4.80. The Morgan fingerprint density at radius 2 is 1.65 bits per heavy atom. The molecule has 6 heteroatoms. The van der Waals surface area contributed by atoms with E-state index >= 15 is 0 Å². The number of thioether (sulfide) groups is 1. The summed E-state index contributed by atoms with van der Waals surface area (Å²) in [7, 11) is 0. The van der Waals surface area contributed by atoms with Crippen molar-refractivity contribution in [3.63, 3.8) is 0 Å². The van der Waals surface area contributed by atoms with Gasteiger partial charge in [-0.05, 0) is 49.4 Å². The van der Waals surface area contributed by atoms with Crippen molar-refractivity contribution in [1.29, 1.82) is 0 Å². The van der Waals surface area contributed by atoms with Crippen molar-refractivity contribution in [3.05, 3.63) is 75.8 Å². The van der Waals surface area contributed by atoms with Crippen LogP contribution in [0.4, 0.5) is 18.9 Å². The van der Waals surface area contributed by atoms with E-state index in [1.165, 1.54) is 23.9 Å². The topological polar surface area (TPSA) is 23.5 Å². The molecular weight excluding hydrogens is 359 g/mol. The number of nitrogens with zero attached hydrogens (tertiary/aromatic N) is 1. The summed E-state index contributed by atoms with van der Waals surface area (Å²) in [6, 6.07) is 12.6. The zero-order valence-corrected chi connectivity index (χ0v) is 15.6. The van der Waals surface area contributed by atoms with Crippen molar-refractivity contribution in [2.45, 2.75) is 25.6 Å². The van der Waals surface area contributed by atoms with Crippen LogP contribution < -0.4 is 4.90 Å². The lowest BCUT2D eigenvalue weighted by molar-refractivity contribution is -0.137. The zero-order valence-electron chi connectivity index (χ0n) is 14.8. The van der Waals surface area contributed by atoms with E-state index in [-0.39, 0.29) is 6.54 Å². The fourth-order valence-electron chi connectivity index (χ4n) is 3.45. The Morgan fingerprint density at radius 1 is 1.04 bits per heavy atom. The number of β-amino-alcohol motifs (C(OH)–C–C–N with tert-alkyl or cyclic N) is 1. The molecule has 26 heavy (non-hydrogen) atoms. The second kappa shape index (κ2) is 6.67. The first-order chi connectivity index (χ1) is 12.2. The average Bonchev–Trinajstić information content (AvgIpc) is 2.86. The molecule has 0 fully saturated rings. The normalized spacial score (nSPS) is 20.8. The molecule has 2 nitrogen and oxygen atoms in total. The Bertz CT molecular complexity index is 845. The molecule has 0 saturated heterocycles. The van der Waals surface area contributed by atoms with Gasteiger partial charge in [-0.2, -0.15) is 13.2 Å². The second-order valence-electron chi connectivity index (χ2n) is 6.43. The van der Waals surface area contributed by atoms with Gasteiger partial charge in [-0.25, -0.2) is 0 Å². The van der Waals surface area contributed by atoms with E-state index in [9.17, 15) is 18.3 Å². The first-order valence-corrected chi connectivity index (χ1v) is 9.39. The van der Waals surface area contributed by atoms with Crippen LogP contribution in [0.5, 0.6) is 0 Å². The minimum Gasteiger partial charge on any atom is -0.378 e. The van der Waals surface area contributed by atoms with E-state index in [2.05, 4.69) is 0 Å². The van der Waals surface area contributed by atoms with E-state index < -0.39 is 17.3 Å². The second-order valence-corrected chi connectivity index (χ2v) is 7.24. The van der Waals surface area contributed by atoms with Crippen LogP contribution in [-0.4, -0.2) is 17.9 Å². The molecule has 1 heterocycles. The van der Waals surface area contributed by atoms with Crippen molar-refractivity contribution < 1.29 is 18.3 Å². The predicted octanol–water partition coefficient (Wildman–Crippen LogP) is 5.32. The average molecular weight is 379 g/mol. The van der Waals surface area contributed by atoms with Gasteiger partial charge in [0.05, 0.1) is 12.1 Å². The van der Waals surface area contributed by atoms with Gasteiger partial charge in [0.15, 0.2) is 0 Å². The highest BCUT2D eigenvalue weighted by Crippen LogP contribution is 2.47. The number of para-hydroxylation sites is 1. The zero-order chi connectivity index (χ0) is 19.1. The molecule has 0 amide bonds. The lowest BCUT2D eigenvalue weighted by atomic mass is 9.93. The molecule has 0 spiro atoms. The van der Waals surface area contributed by atoms with E-state index in [0.717, 1.165) is 34.0 Å². The standard InChI is InChI=1S/C20H20F3NOS/c1-13-6-4-5-7-17(13)24-12-19(25,18(26-3)14(24)2)15-8-10-16(11-9-15)20(21,22)23/h4-11,25H,12H2,1-3H3. The quantitative estimate of drug-likeness (QED) is 0.781. The van der Waals surface area contributed by atoms with Crippen LogP contribution in [0.15, 0.2) is 59.1 Å². The monoisotopic (exact) mass is 379 g/mol. The molecule has 2 aromatic rings. The highest BCUT2D eigenvalue weighted by molar-refractivity contribution is 8.02. The largest absolute Gasteiger partial charge is 0.416 e. The Labute approximate surface area is 155 Å². The molecule has 0 saturated carbocycles. The third-order valence-corrected chi connectivity index (χ3v) is 5.84. The Hall–Kier alpha value is -1.92. The van der Waals surface area contributed by atoms with Gasteiger partial charge in [0.25, 0.3) is 0 Å². The molecule has 1 N–H and O–H groups in total. The number of anilines is 1. The summed E-state index contributed by atoms with van der Waals surface area (Å²) in [6.07, 6.45) is -2.52. The molecule has 1 aliphatic heterocycles. The maximum Gasteiger partial charge on any atom is 0.416 e. The number of aryl methyl sites for hydroxylation is 1. The van der Waals surface area contributed by atoms with E-state index in [0.29, 0.717) is 5.56 Å². The van der Waals surface area contributed by atoms with Crippen molar-refractivity contribution in [2.24, 2.45) is 0 Å². The van der Waals surface area contributed by atoms with Crippen LogP contribution in [0.25, 0.3) is 0 Å².